The van der Waals surface area contributed by atoms with E-state index in [-0.39, 0.29) is 30.3 Å². The summed E-state index contributed by atoms with van der Waals surface area (Å²) in [6.45, 7) is 0.325. The molecule has 29 heavy (non-hydrogen) atoms. The molecule has 0 radical (unpaired) electrons. The third-order valence-electron chi connectivity index (χ3n) is 4.34. The number of hydrogen-bond donors (Lipinski definition) is 0. The van der Waals surface area contributed by atoms with Crippen molar-refractivity contribution in [3.8, 4) is 11.5 Å². The highest BCUT2D eigenvalue weighted by molar-refractivity contribution is 5.80. The number of rotatable bonds is 8. The standard InChI is InChI=1S/C19H19N3O7/c1-20(9-10-28-15-6-4-14(27-2)5-7-15)18(23)12-21-16-8-3-13(22(25)26)11-17(16)29-19(21)24/h3-8,11H,9-10,12H2,1-2H3. The Balaban J connectivity index is 1.61. The molecule has 0 aliphatic heterocycles. The number of carbonyl (C=O) groups is 1. The molecule has 1 amide bonds. The van der Waals surface area contributed by atoms with Gasteiger partial charge < -0.3 is 18.8 Å². The maximum absolute atomic E-state index is 12.5. The van der Waals surface area contributed by atoms with Gasteiger partial charge in [0.05, 0.1) is 30.2 Å². The highest BCUT2D eigenvalue weighted by Crippen LogP contribution is 2.20. The molecule has 1 aromatic heterocycles. The molecule has 0 atom stereocenters. The van der Waals surface area contributed by atoms with E-state index in [9.17, 15) is 19.7 Å². The van der Waals surface area contributed by atoms with E-state index in [0.717, 1.165) is 10.6 Å². The number of carbonyl (C=O) groups excluding carboxylic acids is 1. The van der Waals surface area contributed by atoms with Crippen LogP contribution in [0.4, 0.5) is 5.69 Å². The van der Waals surface area contributed by atoms with Gasteiger partial charge in [-0.3, -0.25) is 19.5 Å². The molecule has 0 fully saturated rings. The van der Waals surface area contributed by atoms with E-state index in [1.165, 1.54) is 17.0 Å². The second-order valence-electron chi connectivity index (χ2n) is 6.20. The van der Waals surface area contributed by atoms with Crippen LogP contribution in [0.5, 0.6) is 11.5 Å². The fourth-order valence-electron chi connectivity index (χ4n) is 2.67. The van der Waals surface area contributed by atoms with Crippen LogP contribution in [0.15, 0.2) is 51.7 Å². The summed E-state index contributed by atoms with van der Waals surface area (Å²) >= 11 is 0. The Morgan fingerprint density at radius 2 is 1.90 bits per heavy atom. The van der Waals surface area contributed by atoms with E-state index in [4.69, 9.17) is 13.9 Å². The molecule has 0 aliphatic carbocycles. The summed E-state index contributed by atoms with van der Waals surface area (Å²) < 4.78 is 16.8. The summed E-state index contributed by atoms with van der Waals surface area (Å²) in [5.74, 6) is 0.279. The Bertz CT molecular complexity index is 1090. The van der Waals surface area contributed by atoms with E-state index >= 15 is 0 Å². The second-order valence-corrected chi connectivity index (χ2v) is 6.20. The van der Waals surface area contributed by atoms with Crippen molar-refractivity contribution < 1.29 is 23.6 Å². The van der Waals surface area contributed by atoms with Gasteiger partial charge in [0.25, 0.3) is 5.69 Å². The fraction of sp³-hybridized carbons (Fsp3) is 0.263. The summed E-state index contributed by atoms with van der Waals surface area (Å²) in [5, 5.41) is 10.8. The van der Waals surface area contributed by atoms with Crippen molar-refractivity contribution in [3.05, 3.63) is 63.1 Å². The highest BCUT2D eigenvalue weighted by Gasteiger charge is 2.18. The Labute approximate surface area is 165 Å². The van der Waals surface area contributed by atoms with E-state index < -0.39 is 10.7 Å². The number of oxazole rings is 1. The first kappa shape index (κ1) is 19.9. The largest absolute Gasteiger partial charge is 0.497 e. The number of methoxy groups -OCH3 is 1. The molecule has 3 aromatic rings. The van der Waals surface area contributed by atoms with Gasteiger partial charge in [-0.25, -0.2) is 4.79 Å². The van der Waals surface area contributed by atoms with Gasteiger partial charge in [-0.05, 0) is 30.3 Å². The van der Waals surface area contributed by atoms with E-state index in [2.05, 4.69) is 0 Å². The minimum atomic E-state index is -0.753. The minimum Gasteiger partial charge on any atom is -0.497 e. The van der Waals surface area contributed by atoms with Gasteiger partial charge in [-0.15, -0.1) is 0 Å². The first-order chi connectivity index (χ1) is 13.9. The summed E-state index contributed by atoms with van der Waals surface area (Å²) in [5.41, 5.74) is 0.178. The van der Waals surface area contributed by atoms with Crippen molar-refractivity contribution in [1.82, 2.24) is 9.47 Å². The number of nitro groups is 1. The SMILES string of the molecule is COc1ccc(OCCN(C)C(=O)Cn2c(=O)oc3cc([N+](=O)[O-])ccc32)cc1. The zero-order chi connectivity index (χ0) is 21.0. The van der Waals surface area contributed by atoms with Crippen molar-refractivity contribution in [2.75, 3.05) is 27.3 Å². The molecule has 0 saturated heterocycles. The third kappa shape index (κ3) is 4.54. The number of nitrogens with zero attached hydrogens (tertiary/aromatic N) is 3. The summed E-state index contributed by atoms with van der Waals surface area (Å²) in [7, 11) is 3.17. The van der Waals surface area contributed by atoms with E-state index in [1.807, 2.05) is 0 Å². The number of likely N-dealkylation sites (N-methyl/N-ethyl adjacent to an activating group) is 1. The molecule has 152 valence electrons. The molecule has 0 unspecified atom stereocenters. The smallest absolute Gasteiger partial charge is 0.420 e. The lowest BCUT2D eigenvalue weighted by Gasteiger charge is -2.17. The molecule has 0 spiro atoms. The molecular weight excluding hydrogens is 382 g/mol. The average molecular weight is 401 g/mol. The number of non-ortho nitro benzene ring substituents is 1. The van der Waals surface area contributed by atoms with Crippen LogP contribution in [0.3, 0.4) is 0 Å². The van der Waals surface area contributed by atoms with Gasteiger partial charge >= 0.3 is 5.76 Å². The number of fused-ring (bicyclic) bond motifs is 1. The Morgan fingerprint density at radius 1 is 1.21 bits per heavy atom. The number of nitro benzene ring substituents is 1. The van der Waals surface area contributed by atoms with Crippen LogP contribution in [0.2, 0.25) is 0 Å². The molecule has 0 N–H and O–H groups in total. The van der Waals surface area contributed by atoms with Crippen LogP contribution in [0.25, 0.3) is 11.1 Å². The average Bonchev–Trinajstić information content (AvgIpc) is 3.02. The first-order valence-corrected chi connectivity index (χ1v) is 8.67. The van der Waals surface area contributed by atoms with Crippen LogP contribution >= 0.6 is 0 Å². The predicted molar refractivity (Wildman–Crippen MR) is 103 cm³/mol. The third-order valence-corrected chi connectivity index (χ3v) is 4.34. The second kappa shape index (κ2) is 8.46. The number of hydrogen-bond acceptors (Lipinski definition) is 7. The van der Waals surface area contributed by atoms with Crippen molar-refractivity contribution in [2.45, 2.75) is 6.54 Å². The zero-order valence-electron chi connectivity index (χ0n) is 15.9. The molecule has 3 rings (SSSR count). The maximum atomic E-state index is 12.5. The van der Waals surface area contributed by atoms with Crippen molar-refractivity contribution >= 4 is 22.7 Å². The van der Waals surface area contributed by atoms with E-state index in [0.29, 0.717) is 23.6 Å². The lowest BCUT2D eigenvalue weighted by Crippen LogP contribution is -2.35. The Morgan fingerprint density at radius 3 is 2.55 bits per heavy atom. The molecule has 0 aliphatic rings. The normalized spacial score (nSPS) is 10.7. The van der Waals surface area contributed by atoms with Gasteiger partial charge in [0.15, 0.2) is 5.58 Å². The summed E-state index contributed by atoms with van der Waals surface area (Å²) in [6, 6.07) is 10.9. The topological polar surface area (TPSA) is 117 Å². The Kier molecular flexibility index (Phi) is 5.82. The van der Waals surface area contributed by atoms with E-state index in [1.54, 1.807) is 38.4 Å². The summed E-state index contributed by atoms with van der Waals surface area (Å²) in [4.78, 5) is 36.2. The van der Waals surface area contributed by atoms with Crippen molar-refractivity contribution in [3.63, 3.8) is 0 Å². The zero-order valence-corrected chi connectivity index (χ0v) is 15.9. The minimum absolute atomic E-state index is 0.0579. The molecule has 0 bridgehead atoms. The Hall–Kier alpha value is -3.82. The first-order valence-electron chi connectivity index (χ1n) is 8.67. The van der Waals surface area contributed by atoms with Gasteiger partial charge in [-0.1, -0.05) is 0 Å². The highest BCUT2D eigenvalue weighted by atomic mass is 16.6. The van der Waals surface area contributed by atoms with Gasteiger partial charge in [0.1, 0.15) is 24.7 Å². The van der Waals surface area contributed by atoms with Gasteiger partial charge in [0, 0.05) is 13.1 Å². The quantitative estimate of drug-likeness (QED) is 0.419. The van der Waals surface area contributed by atoms with Crippen molar-refractivity contribution in [1.29, 1.82) is 0 Å². The van der Waals surface area contributed by atoms with Crippen LogP contribution < -0.4 is 15.2 Å². The molecular formula is C19H19N3O7. The molecule has 1 heterocycles. The summed E-state index contributed by atoms with van der Waals surface area (Å²) in [6.07, 6.45) is 0. The van der Waals surface area contributed by atoms with Crippen LogP contribution in [-0.2, 0) is 11.3 Å². The van der Waals surface area contributed by atoms with Crippen LogP contribution in [0.1, 0.15) is 0 Å². The molecule has 2 aromatic carbocycles. The van der Waals surface area contributed by atoms with Gasteiger partial charge in [0.2, 0.25) is 5.91 Å². The molecule has 0 saturated carbocycles. The number of ether oxygens (including phenoxy) is 2. The monoisotopic (exact) mass is 401 g/mol. The van der Waals surface area contributed by atoms with Crippen LogP contribution in [0, 0.1) is 10.1 Å². The van der Waals surface area contributed by atoms with Crippen molar-refractivity contribution in [2.24, 2.45) is 0 Å². The van der Waals surface area contributed by atoms with Crippen LogP contribution in [-0.4, -0.2) is 47.6 Å². The predicted octanol–water partition coefficient (Wildman–Crippen LogP) is 2.05. The number of amides is 1. The lowest BCUT2D eigenvalue weighted by molar-refractivity contribution is -0.384. The molecule has 10 heteroatoms. The maximum Gasteiger partial charge on any atom is 0.420 e. The van der Waals surface area contributed by atoms with Gasteiger partial charge in [-0.2, -0.15) is 0 Å². The number of aromatic nitrogens is 1. The molecule has 10 nitrogen and oxygen atoms in total. The number of benzene rings is 2. The fourth-order valence-corrected chi connectivity index (χ4v) is 2.67. The lowest BCUT2D eigenvalue weighted by atomic mass is 10.3.